The lowest BCUT2D eigenvalue weighted by Crippen LogP contribution is -2.31. The molecule has 2 aliphatic rings. The van der Waals surface area contributed by atoms with Gasteiger partial charge in [0.25, 0.3) is 0 Å². The lowest BCUT2D eigenvalue weighted by Gasteiger charge is -2.32. The number of hydrogen-bond donors (Lipinski definition) is 2. The molecular weight excluding hydrogens is 511 g/mol. The molecule has 10 nitrogen and oxygen atoms in total. The number of nitrogens with one attached hydrogen (secondary N) is 2. The molecule has 4 aromatic rings. The van der Waals surface area contributed by atoms with Gasteiger partial charge in [0.1, 0.15) is 17.0 Å². The van der Waals surface area contributed by atoms with Crippen LogP contribution in [0.5, 0.6) is 0 Å². The summed E-state index contributed by atoms with van der Waals surface area (Å²) in [5.41, 5.74) is 2.45. The number of hydrogen-bond acceptors (Lipinski definition) is 8. The van der Waals surface area contributed by atoms with E-state index < -0.39 is 5.76 Å². The zero-order chi connectivity index (χ0) is 28.0. The van der Waals surface area contributed by atoms with Crippen LogP contribution in [0.15, 0.2) is 21.6 Å². The zero-order valence-electron chi connectivity index (χ0n) is 23.6. The molecule has 4 heterocycles. The van der Waals surface area contributed by atoms with Crippen molar-refractivity contribution in [3.63, 3.8) is 0 Å². The van der Waals surface area contributed by atoms with Crippen molar-refractivity contribution in [1.29, 1.82) is 0 Å². The molecule has 2 saturated carbocycles. The molecular formula is C29H37FN8O2. The number of aromatic nitrogens is 7. The Morgan fingerprint density at radius 2 is 1.90 bits per heavy atom. The van der Waals surface area contributed by atoms with E-state index in [-0.39, 0.29) is 29.4 Å². The van der Waals surface area contributed by atoms with Gasteiger partial charge in [-0.1, -0.05) is 45.2 Å². The van der Waals surface area contributed by atoms with Crippen LogP contribution in [-0.4, -0.2) is 40.7 Å². The van der Waals surface area contributed by atoms with E-state index in [1.807, 2.05) is 13.8 Å². The van der Waals surface area contributed by atoms with Gasteiger partial charge in [-0.05, 0) is 67.9 Å². The molecule has 0 radical (unpaired) electrons. The van der Waals surface area contributed by atoms with Crippen LogP contribution in [-0.2, 0) is 6.54 Å². The fourth-order valence-electron chi connectivity index (χ4n) is 6.00. The molecule has 2 fully saturated rings. The molecule has 40 heavy (non-hydrogen) atoms. The molecule has 212 valence electrons. The molecule has 0 spiro atoms. The molecule has 0 aliphatic heterocycles. The maximum atomic E-state index is 14.6. The highest BCUT2D eigenvalue weighted by Crippen LogP contribution is 2.37. The van der Waals surface area contributed by atoms with E-state index in [1.165, 1.54) is 38.3 Å². The van der Waals surface area contributed by atoms with E-state index in [9.17, 15) is 9.18 Å². The molecule has 0 saturated heterocycles. The Kier molecular flexibility index (Phi) is 7.14. The van der Waals surface area contributed by atoms with E-state index in [2.05, 4.69) is 38.9 Å². The number of anilines is 1. The quantitative estimate of drug-likeness (QED) is 0.278. The largest absolute Gasteiger partial charge is 0.439 e. The van der Waals surface area contributed by atoms with Crippen LogP contribution >= 0.6 is 0 Å². The van der Waals surface area contributed by atoms with Crippen molar-refractivity contribution in [2.75, 3.05) is 5.32 Å². The Hall–Kier alpha value is -3.63. The molecule has 11 heteroatoms. The van der Waals surface area contributed by atoms with Gasteiger partial charge in [0.05, 0.1) is 6.20 Å². The van der Waals surface area contributed by atoms with Gasteiger partial charge >= 0.3 is 5.76 Å². The summed E-state index contributed by atoms with van der Waals surface area (Å²) in [5.74, 6) is 2.40. The third kappa shape index (κ3) is 5.13. The third-order valence-corrected chi connectivity index (χ3v) is 8.79. The molecule has 2 N–H and O–H groups in total. The van der Waals surface area contributed by atoms with Crippen molar-refractivity contribution in [3.05, 3.63) is 34.2 Å². The topological polar surface area (TPSA) is 127 Å². The minimum absolute atomic E-state index is 0.00431. The zero-order valence-corrected chi connectivity index (χ0v) is 23.6. The maximum Gasteiger partial charge on any atom is 0.439 e. The van der Waals surface area contributed by atoms with Crippen molar-refractivity contribution in [3.8, 4) is 23.2 Å². The second kappa shape index (κ2) is 10.7. The van der Waals surface area contributed by atoms with E-state index in [4.69, 9.17) is 19.5 Å². The normalized spacial score (nSPS) is 20.6. The number of imidazole rings is 1. The van der Waals surface area contributed by atoms with Gasteiger partial charge in [0.15, 0.2) is 17.3 Å². The summed E-state index contributed by atoms with van der Waals surface area (Å²) in [6.45, 7) is 9.17. The van der Waals surface area contributed by atoms with Crippen molar-refractivity contribution in [2.45, 2.75) is 91.1 Å². The molecule has 2 aliphatic carbocycles. The van der Waals surface area contributed by atoms with Crippen molar-refractivity contribution in [2.24, 2.45) is 17.8 Å². The predicted molar refractivity (Wildman–Crippen MR) is 150 cm³/mol. The minimum Gasteiger partial charge on any atom is -0.365 e. The number of halogens is 1. The number of fused-ring (bicyclic) bond motifs is 1. The summed E-state index contributed by atoms with van der Waals surface area (Å²) in [6.07, 6.45) is 9.53. The second-order valence-electron chi connectivity index (χ2n) is 12.1. The number of aromatic amines is 1. The Labute approximate surface area is 232 Å². The highest BCUT2D eigenvalue weighted by Gasteiger charge is 2.29. The van der Waals surface area contributed by atoms with Gasteiger partial charge in [-0.3, -0.25) is 9.51 Å². The van der Waals surface area contributed by atoms with E-state index in [1.54, 1.807) is 6.07 Å². The number of nitrogens with zero attached hydrogens (tertiary/aromatic N) is 6. The maximum absolute atomic E-state index is 14.6. The molecule has 0 amide bonds. The first-order chi connectivity index (χ1) is 19.3. The molecule has 6 rings (SSSR count). The van der Waals surface area contributed by atoms with Gasteiger partial charge in [0.2, 0.25) is 11.6 Å². The van der Waals surface area contributed by atoms with Crippen LogP contribution in [0.2, 0.25) is 0 Å². The Bertz CT molecular complexity index is 1560. The SMILES string of the molecule is CC1CCC(Cn2c(-c3cc(C(C)C)c(F)cn3)nc3nc(-c4noc(=O)[nH]4)nc(N[C@H](C)C4CCC4)c32)CC1. The molecule has 0 bridgehead atoms. The van der Waals surface area contributed by atoms with Gasteiger partial charge in [-0.15, -0.1) is 0 Å². The number of rotatable bonds is 8. The highest BCUT2D eigenvalue weighted by molar-refractivity contribution is 5.88. The van der Waals surface area contributed by atoms with Crippen LogP contribution in [0.3, 0.4) is 0 Å². The summed E-state index contributed by atoms with van der Waals surface area (Å²) in [5, 5.41) is 7.47. The Balaban J connectivity index is 1.53. The van der Waals surface area contributed by atoms with E-state index in [0.29, 0.717) is 40.4 Å². The summed E-state index contributed by atoms with van der Waals surface area (Å²) >= 11 is 0. The second-order valence-corrected chi connectivity index (χ2v) is 12.1. The van der Waals surface area contributed by atoms with Crippen molar-refractivity contribution < 1.29 is 8.91 Å². The van der Waals surface area contributed by atoms with Crippen LogP contribution in [0, 0.1) is 23.6 Å². The van der Waals surface area contributed by atoms with Crippen molar-refractivity contribution in [1.82, 2.24) is 34.6 Å². The van der Waals surface area contributed by atoms with Crippen LogP contribution < -0.4 is 11.1 Å². The summed E-state index contributed by atoms with van der Waals surface area (Å²) in [6, 6.07) is 1.99. The standard InChI is InChI=1S/C29H37FN8O2/c1-15(2)20-12-22(31-13-21(20)30)28-35-25-23(38(28)14-18-10-8-16(3)9-11-18)24(32-17(4)19-6-5-7-19)33-26(34-25)27-36-29(39)40-37-27/h12-13,15-19H,5-11,14H2,1-4H3,(H,32,33,34)(H,36,37,39)/t16?,17-,18?/m1/s1. The number of pyridine rings is 1. The summed E-state index contributed by atoms with van der Waals surface area (Å²) in [4.78, 5) is 33.3. The number of H-pyrrole nitrogens is 1. The molecule has 4 aromatic heterocycles. The third-order valence-electron chi connectivity index (χ3n) is 8.79. The van der Waals surface area contributed by atoms with Crippen LogP contribution in [0.25, 0.3) is 34.3 Å². The van der Waals surface area contributed by atoms with Gasteiger partial charge in [-0.25, -0.2) is 29.1 Å². The van der Waals surface area contributed by atoms with Gasteiger partial charge in [-0.2, -0.15) is 0 Å². The highest BCUT2D eigenvalue weighted by atomic mass is 19.1. The summed E-state index contributed by atoms with van der Waals surface area (Å²) in [7, 11) is 0. The minimum atomic E-state index is -0.675. The first-order valence-corrected chi connectivity index (χ1v) is 14.5. The Morgan fingerprint density at radius 3 is 2.55 bits per heavy atom. The smallest absolute Gasteiger partial charge is 0.365 e. The van der Waals surface area contributed by atoms with Gasteiger partial charge < -0.3 is 9.88 Å². The van der Waals surface area contributed by atoms with E-state index in [0.717, 1.165) is 30.8 Å². The first-order valence-electron chi connectivity index (χ1n) is 14.5. The Morgan fingerprint density at radius 1 is 1.12 bits per heavy atom. The monoisotopic (exact) mass is 548 g/mol. The molecule has 0 aromatic carbocycles. The summed E-state index contributed by atoms with van der Waals surface area (Å²) < 4.78 is 21.6. The van der Waals surface area contributed by atoms with Crippen LogP contribution in [0.4, 0.5) is 10.2 Å². The van der Waals surface area contributed by atoms with Crippen LogP contribution in [0.1, 0.15) is 84.1 Å². The lowest BCUT2D eigenvalue weighted by molar-refractivity contribution is 0.267. The van der Waals surface area contributed by atoms with Crippen molar-refractivity contribution >= 4 is 17.0 Å². The lowest BCUT2D eigenvalue weighted by atomic mass is 9.80. The van der Waals surface area contributed by atoms with E-state index >= 15 is 0 Å². The fraction of sp³-hybridized carbons (Fsp3) is 0.586. The average Bonchev–Trinajstić information content (AvgIpc) is 3.48. The first kappa shape index (κ1) is 26.6. The fourth-order valence-corrected chi connectivity index (χ4v) is 6.00. The van der Waals surface area contributed by atoms with Gasteiger partial charge in [0, 0.05) is 12.6 Å². The predicted octanol–water partition coefficient (Wildman–Crippen LogP) is 5.92. The molecule has 0 unspecified atom stereocenters. The molecule has 1 atom stereocenters. The average molecular weight is 549 g/mol.